The monoisotopic (exact) mass is 514 g/mol. The molecule has 0 spiro atoms. The van der Waals surface area contributed by atoms with Crippen molar-refractivity contribution in [2.24, 2.45) is 0 Å². The molecule has 0 aliphatic heterocycles. The second-order valence-corrected chi connectivity index (χ2v) is 0. The maximum atomic E-state index is 0. The molecule has 0 aliphatic carbocycles. The first-order chi connectivity index (χ1) is 0. The second-order valence-electron chi connectivity index (χ2n) is 0. The van der Waals surface area contributed by atoms with E-state index in [0.717, 1.165) is 0 Å². The van der Waals surface area contributed by atoms with Crippen LogP contribution in [0.4, 0.5) is 0 Å². The first kappa shape index (κ1) is 23.5. The molecule has 0 atom stereocenters. The molecule has 0 aromatic carbocycles. The molecule has 0 nitrogen and oxygen atoms in total. The molecule has 0 fully saturated rings. The summed E-state index contributed by atoms with van der Waals surface area (Å²) in [7, 11) is 0. The molecule has 0 saturated heterocycles. The van der Waals surface area contributed by atoms with Crippen LogP contribution in [0.5, 0.6) is 0 Å². The van der Waals surface area contributed by atoms with Crippen molar-refractivity contribution in [3.05, 3.63) is 0 Å². The Morgan fingerprint density at radius 1 is 1.25 bits per heavy atom. The van der Waals surface area contributed by atoms with Gasteiger partial charge in [-0.25, -0.2) is 0 Å². The molecule has 0 unspecified atom stereocenters. The summed E-state index contributed by atoms with van der Waals surface area (Å²) >= 11 is 0. The molecule has 0 amide bonds. The quantitative estimate of drug-likeness (QED) is 0.326. The summed E-state index contributed by atoms with van der Waals surface area (Å²) in [5.41, 5.74) is 0. The number of hydrogen-bond acceptors (Lipinski definition) is 0. The minimum atomic E-state index is 0. The summed E-state index contributed by atoms with van der Waals surface area (Å²) in [5.74, 6) is 0. The Hall–Kier alpha value is 4.55. The Labute approximate surface area is 139 Å². The van der Waals surface area contributed by atoms with Gasteiger partial charge in [0.05, 0.1) is 0 Å². The molecule has 0 N–H and O–H groups in total. The van der Waals surface area contributed by atoms with Crippen LogP contribution in [0.25, 0.3) is 0 Å². The van der Waals surface area contributed by atoms with Crippen LogP contribution in [-0.4, -0.2) is 138 Å². The van der Waals surface area contributed by atoms with Gasteiger partial charge in [-0.15, -0.1) is 0 Å². The Morgan fingerprint density at radius 3 is 1.25 bits per heavy atom. The molecule has 0 saturated carbocycles. The molecule has 0 heterocycles. The molecule has 20 valence electrons. The van der Waals surface area contributed by atoms with E-state index in [-0.39, 0.29) is 144 Å². The van der Waals surface area contributed by atoms with E-state index >= 15 is 0 Å². The van der Waals surface area contributed by atoms with Gasteiger partial charge in [-0.2, -0.15) is 0 Å². The van der Waals surface area contributed by atoms with E-state index in [1.165, 1.54) is 0 Å². The number of rotatable bonds is 0. The summed E-state index contributed by atoms with van der Waals surface area (Å²) < 4.78 is 0. The third kappa shape index (κ3) is 9.75. The van der Waals surface area contributed by atoms with Gasteiger partial charge in [-0.1, -0.05) is 0 Å². The van der Waals surface area contributed by atoms with E-state index in [1.54, 1.807) is 0 Å². The third-order valence-electron chi connectivity index (χ3n) is 0. The molecule has 0 aromatic heterocycles. The van der Waals surface area contributed by atoms with E-state index in [0.29, 0.717) is 0 Å². The summed E-state index contributed by atoms with van der Waals surface area (Å²) in [6.07, 6.45) is 0. The van der Waals surface area contributed by atoms with Crippen LogP contribution >= 0.6 is 0 Å². The Kier molecular flexibility index (Phi) is 92.1. The van der Waals surface area contributed by atoms with Crippen molar-refractivity contribution < 1.29 is 5.71 Å². The first-order valence-electron chi connectivity index (χ1n) is 0. The van der Waals surface area contributed by atoms with E-state index in [1.807, 2.05) is 0 Å². The fraction of sp³-hybridized carbons (Fsp3) is 0. The van der Waals surface area contributed by atoms with Crippen molar-refractivity contribution in [2.45, 2.75) is 0 Å². The fourth-order valence-electron chi connectivity index (χ4n) is 0. The SMILES string of the molecule is [Ba+2].[Ca+2].[H-].[H-].[H-].[H-].[PbH2].[SnH2]. The van der Waals surface area contributed by atoms with Gasteiger partial charge in [-0.3, -0.25) is 0 Å². The Balaban J connectivity index is 0. The van der Waals surface area contributed by atoms with Gasteiger partial charge in [0, 0.05) is 0 Å². The van der Waals surface area contributed by atoms with Crippen molar-refractivity contribution in [1.29, 1.82) is 0 Å². The molecule has 0 bridgehead atoms. The van der Waals surface area contributed by atoms with Crippen LogP contribution in [0.2, 0.25) is 0 Å². The second kappa shape index (κ2) is 15.6. The van der Waals surface area contributed by atoms with Crippen molar-refractivity contribution >= 4 is 138 Å². The molecule has 0 aromatic rings. The van der Waals surface area contributed by atoms with Gasteiger partial charge in [-0.05, 0) is 0 Å². The van der Waals surface area contributed by atoms with Crippen LogP contribution in [0.15, 0.2) is 0 Å². The van der Waals surface area contributed by atoms with Crippen LogP contribution in [0.1, 0.15) is 5.71 Å². The standard InChI is InChI=1S/Ba.Ca.Pb.Sn.8H/q2*+2;;;;;;;4*-1. The third-order valence-corrected chi connectivity index (χ3v) is 0. The van der Waals surface area contributed by atoms with Gasteiger partial charge >= 0.3 is 138 Å². The topological polar surface area (TPSA) is 0 Å². The molecular formula is H8BaCaPbSn. The van der Waals surface area contributed by atoms with Gasteiger partial charge < -0.3 is 5.71 Å². The molecule has 4 heteroatoms. The zero-order valence-electron chi connectivity index (χ0n) is 6.83. The molecule has 4 radical (unpaired) electrons. The van der Waals surface area contributed by atoms with Gasteiger partial charge in [0.25, 0.3) is 0 Å². The molecular weight excluding hydrogens is 503 g/mol. The summed E-state index contributed by atoms with van der Waals surface area (Å²) in [5, 5.41) is 0. The fourth-order valence-corrected chi connectivity index (χ4v) is 0. The Morgan fingerprint density at radius 2 is 1.25 bits per heavy atom. The summed E-state index contributed by atoms with van der Waals surface area (Å²) in [4.78, 5) is 0. The zero-order valence-corrected chi connectivity index (χ0v) is 19.0. The summed E-state index contributed by atoms with van der Waals surface area (Å²) in [6.45, 7) is 0. The van der Waals surface area contributed by atoms with Gasteiger partial charge in [0.2, 0.25) is 0 Å². The maximum absolute atomic E-state index is 0. The molecule has 0 rings (SSSR count). The average Bonchev–Trinajstić information content (AvgIpc) is 0. The van der Waals surface area contributed by atoms with Gasteiger partial charge in [0.15, 0.2) is 0 Å². The minimum absolute atomic E-state index is 0. The summed E-state index contributed by atoms with van der Waals surface area (Å²) in [6, 6.07) is 0. The number of hydrogen-bond donors (Lipinski definition) is 0. The molecule has 4 heavy (non-hydrogen) atoms. The van der Waals surface area contributed by atoms with E-state index in [2.05, 4.69) is 0 Å². The van der Waals surface area contributed by atoms with Crippen molar-refractivity contribution in [1.82, 2.24) is 0 Å². The van der Waals surface area contributed by atoms with Crippen molar-refractivity contribution in [2.75, 3.05) is 0 Å². The van der Waals surface area contributed by atoms with Crippen LogP contribution in [0.3, 0.4) is 0 Å². The van der Waals surface area contributed by atoms with Crippen LogP contribution < -0.4 is 0 Å². The van der Waals surface area contributed by atoms with Crippen molar-refractivity contribution in [3.8, 4) is 0 Å². The van der Waals surface area contributed by atoms with Crippen LogP contribution in [-0.2, 0) is 0 Å². The van der Waals surface area contributed by atoms with Crippen molar-refractivity contribution in [3.63, 3.8) is 0 Å². The van der Waals surface area contributed by atoms with E-state index < -0.39 is 0 Å². The first-order valence-corrected chi connectivity index (χ1v) is 0. The predicted octanol–water partition coefficient (Wildman–Crippen LogP) is -2.14. The predicted molar refractivity (Wildman–Crippen MR) is 33.0 cm³/mol. The van der Waals surface area contributed by atoms with Crippen LogP contribution in [0, 0.1) is 0 Å². The Bertz CT molecular complexity index is 16.0. The zero-order chi connectivity index (χ0) is 0. The molecule has 0 aliphatic rings. The van der Waals surface area contributed by atoms with Gasteiger partial charge in [0.1, 0.15) is 0 Å². The van der Waals surface area contributed by atoms with E-state index in [4.69, 9.17) is 0 Å². The normalized spacial score (nSPS) is 0. The average molecular weight is 511 g/mol. The van der Waals surface area contributed by atoms with E-state index in [9.17, 15) is 0 Å².